The lowest BCUT2D eigenvalue weighted by molar-refractivity contribution is -0.153. The zero-order valence-corrected chi connectivity index (χ0v) is 24.6. The predicted octanol–water partition coefficient (Wildman–Crippen LogP) is 4.71. The highest BCUT2D eigenvalue weighted by Crippen LogP contribution is 2.34. The van der Waals surface area contributed by atoms with Gasteiger partial charge in [0.25, 0.3) is 11.8 Å². The fourth-order valence-electron chi connectivity index (χ4n) is 5.90. The molecule has 2 atom stereocenters. The lowest BCUT2D eigenvalue weighted by atomic mass is 9.88. The molecule has 9 nitrogen and oxygen atoms in total. The molecule has 9 heteroatoms. The number of nitrogens with zero attached hydrogens (tertiary/aromatic N) is 2. The van der Waals surface area contributed by atoms with Gasteiger partial charge in [-0.15, -0.1) is 0 Å². The summed E-state index contributed by atoms with van der Waals surface area (Å²) in [5.74, 6) is -0.456. The fraction of sp³-hybridized carbons (Fsp3) is 0.531. The standard InChI is InChI=1S/C32H41N3O6/c1-31(2,3)41-30(38)33-18-21-8-6-9-23(16-21)22-12-14-34(15-13-22)28(36)24-10-7-11-25(17-24)29(37)35-19-26-27(20-35)40-32(4,5)39-26/h6-11,16-17,22,26-27H,12-15,18-20H2,1-5H3,(H,33,38)/t26-,27+. The Kier molecular flexibility index (Phi) is 8.12. The van der Waals surface area contributed by atoms with E-state index in [1.54, 1.807) is 29.2 Å². The van der Waals surface area contributed by atoms with Gasteiger partial charge in [0.15, 0.2) is 5.79 Å². The van der Waals surface area contributed by atoms with E-state index in [4.69, 9.17) is 14.2 Å². The monoisotopic (exact) mass is 563 g/mol. The summed E-state index contributed by atoms with van der Waals surface area (Å²) in [5.41, 5.74) is 2.71. The average Bonchev–Trinajstić information content (AvgIpc) is 3.44. The Hall–Kier alpha value is -3.43. The van der Waals surface area contributed by atoms with Crippen LogP contribution in [0.3, 0.4) is 0 Å². The van der Waals surface area contributed by atoms with Crippen LogP contribution in [0.5, 0.6) is 0 Å². The van der Waals surface area contributed by atoms with E-state index >= 15 is 0 Å². The highest BCUT2D eigenvalue weighted by Gasteiger charge is 2.48. The summed E-state index contributed by atoms with van der Waals surface area (Å²) in [4.78, 5) is 42.2. The first-order chi connectivity index (χ1) is 19.4. The van der Waals surface area contributed by atoms with Crippen molar-refractivity contribution in [3.63, 3.8) is 0 Å². The summed E-state index contributed by atoms with van der Waals surface area (Å²) >= 11 is 0. The average molecular weight is 564 g/mol. The second kappa shape index (κ2) is 11.4. The van der Waals surface area contributed by atoms with Gasteiger partial charge in [0.1, 0.15) is 17.8 Å². The Morgan fingerprint density at radius 2 is 1.49 bits per heavy atom. The number of hydrogen-bond donors (Lipinski definition) is 1. The van der Waals surface area contributed by atoms with Gasteiger partial charge in [-0.05, 0) is 82.7 Å². The van der Waals surface area contributed by atoms with E-state index in [0.29, 0.717) is 49.8 Å². The molecule has 0 bridgehead atoms. The molecule has 2 aromatic rings. The van der Waals surface area contributed by atoms with E-state index in [1.165, 1.54) is 5.56 Å². The van der Waals surface area contributed by atoms with Gasteiger partial charge in [-0.25, -0.2) is 4.79 Å². The maximum absolute atomic E-state index is 13.4. The number of fused-ring (bicyclic) bond motifs is 1. The fourth-order valence-corrected chi connectivity index (χ4v) is 5.90. The molecule has 0 aromatic heterocycles. The number of alkyl carbamates (subject to hydrolysis) is 1. The molecular weight excluding hydrogens is 522 g/mol. The summed E-state index contributed by atoms with van der Waals surface area (Å²) in [7, 11) is 0. The lowest BCUT2D eigenvalue weighted by Crippen LogP contribution is -2.38. The van der Waals surface area contributed by atoms with Crippen LogP contribution in [-0.2, 0) is 20.8 Å². The minimum atomic E-state index is -0.619. The van der Waals surface area contributed by atoms with Crippen molar-refractivity contribution in [1.29, 1.82) is 0 Å². The molecule has 41 heavy (non-hydrogen) atoms. The molecule has 3 saturated heterocycles. The molecule has 3 amide bonds. The van der Waals surface area contributed by atoms with Gasteiger partial charge >= 0.3 is 6.09 Å². The third-order valence-electron chi connectivity index (χ3n) is 7.77. The van der Waals surface area contributed by atoms with E-state index < -0.39 is 17.5 Å². The van der Waals surface area contributed by atoms with E-state index in [0.717, 1.165) is 18.4 Å². The summed E-state index contributed by atoms with van der Waals surface area (Å²) in [6, 6.07) is 15.2. The van der Waals surface area contributed by atoms with Gasteiger partial charge in [0.05, 0.1) is 13.1 Å². The first kappa shape index (κ1) is 29.1. The molecular formula is C32H41N3O6. The van der Waals surface area contributed by atoms with Crippen LogP contribution in [0.1, 0.15) is 85.2 Å². The minimum absolute atomic E-state index is 0.0554. The van der Waals surface area contributed by atoms with Crippen molar-refractivity contribution in [1.82, 2.24) is 15.1 Å². The number of hydrogen-bond acceptors (Lipinski definition) is 6. The SMILES string of the molecule is CC(C)(C)OC(=O)NCc1cccc(C2CCN(C(=O)c3cccc(C(=O)N4C[C@@H]5OC(C)(C)O[C@@H]5C4)c3)CC2)c1. The molecule has 0 spiro atoms. The van der Waals surface area contributed by atoms with Gasteiger partial charge in [0, 0.05) is 30.8 Å². The van der Waals surface area contributed by atoms with Crippen molar-refractivity contribution in [2.45, 2.75) is 83.5 Å². The number of ether oxygens (including phenoxy) is 3. The second-order valence-corrected chi connectivity index (χ2v) is 12.7. The predicted molar refractivity (Wildman–Crippen MR) is 154 cm³/mol. The Balaban J connectivity index is 1.14. The van der Waals surface area contributed by atoms with E-state index in [9.17, 15) is 14.4 Å². The Bertz CT molecular complexity index is 1280. The molecule has 1 N–H and O–H groups in total. The Labute approximate surface area is 242 Å². The highest BCUT2D eigenvalue weighted by molar-refractivity contribution is 5.99. The van der Waals surface area contributed by atoms with Crippen LogP contribution in [-0.4, -0.2) is 77.5 Å². The first-order valence-electron chi connectivity index (χ1n) is 14.5. The van der Waals surface area contributed by atoms with Crippen LogP contribution < -0.4 is 5.32 Å². The van der Waals surface area contributed by atoms with Crippen LogP contribution in [0, 0.1) is 0 Å². The maximum atomic E-state index is 13.4. The van der Waals surface area contributed by atoms with Crippen molar-refractivity contribution >= 4 is 17.9 Å². The number of likely N-dealkylation sites (tertiary alicyclic amines) is 2. The van der Waals surface area contributed by atoms with Gasteiger partial charge in [-0.2, -0.15) is 0 Å². The van der Waals surface area contributed by atoms with E-state index in [1.807, 2.05) is 51.7 Å². The molecule has 2 aromatic carbocycles. The number of piperidine rings is 1. The van der Waals surface area contributed by atoms with Crippen molar-refractivity contribution in [2.75, 3.05) is 26.2 Å². The van der Waals surface area contributed by atoms with Crippen molar-refractivity contribution in [2.24, 2.45) is 0 Å². The highest BCUT2D eigenvalue weighted by atomic mass is 16.8. The van der Waals surface area contributed by atoms with Crippen molar-refractivity contribution in [3.05, 3.63) is 70.8 Å². The summed E-state index contributed by atoms with van der Waals surface area (Å²) in [6.45, 7) is 11.9. The lowest BCUT2D eigenvalue weighted by Gasteiger charge is -2.32. The molecule has 0 saturated carbocycles. The van der Waals surface area contributed by atoms with Crippen LogP contribution >= 0.6 is 0 Å². The van der Waals surface area contributed by atoms with Gasteiger partial charge in [-0.1, -0.05) is 30.3 Å². The Morgan fingerprint density at radius 3 is 2.10 bits per heavy atom. The van der Waals surface area contributed by atoms with Crippen LogP contribution in [0.4, 0.5) is 4.79 Å². The van der Waals surface area contributed by atoms with Crippen molar-refractivity contribution in [3.8, 4) is 0 Å². The smallest absolute Gasteiger partial charge is 0.407 e. The molecule has 0 unspecified atom stereocenters. The van der Waals surface area contributed by atoms with E-state index in [-0.39, 0.29) is 24.0 Å². The third kappa shape index (κ3) is 7.08. The molecule has 5 rings (SSSR count). The quantitative estimate of drug-likeness (QED) is 0.566. The van der Waals surface area contributed by atoms with Gasteiger partial charge in [-0.3, -0.25) is 9.59 Å². The molecule has 0 aliphatic carbocycles. The molecule has 220 valence electrons. The van der Waals surface area contributed by atoms with Crippen molar-refractivity contribution < 1.29 is 28.6 Å². The van der Waals surface area contributed by atoms with Crippen LogP contribution in [0.2, 0.25) is 0 Å². The summed E-state index contributed by atoms with van der Waals surface area (Å²) in [5, 5.41) is 2.82. The number of carbonyl (C=O) groups is 3. The molecule has 3 fully saturated rings. The maximum Gasteiger partial charge on any atom is 0.407 e. The topological polar surface area (TPSA) is 97.4 Å². The van der Waals surface area contributed by atoms with Crippen LogP contribution in [0.25, 0.3) is 0 Å². The van der Waals surface area contributed by atoms with Crippen LogP contribution in [0.15, 0.2) is 48.5 Å². The molecule has 0 radical (unpaired) electrons. The number of rotatable bonds is 5. The molecule has 3 heterocycles. The number of nitrogens with one attached hydrogen (secondary N) is 1. The normalized spacial score (nSPS) is 22.4. The number of carbonyl (C=O) groups excluding carboxylic acids is 3. The summed E-state index contributed by atoms with van der Waals surface area (Å²) in [6.07, 6.45) is 1.01. The number of amides is 3. The zero-order chi connectivity index (χ0) is 29.4. The minimum Gasteiger partial charge on any atom is -0.444 e. The molecule has 3 aliphatic heterocycles. The molecule has 3 aliphatic rings. The third-order valence-corrected chi connectivity index (χ3v) is 7.77. The second-order valence-electron chi connectivity index (χ2n) is 12.7. The first-order valence-corrected chi connectivity index (χ1v) is 14.5. The van der Waals surface area contributed by atoms with Gasteiger partial charge in [0.2, 0.25) is 0 Å². The largest absolute Gasteiger partial charge is 0.444 e. The Morgan fingerprint density at radius 1 is 0.902 bits per heavy atom. The zero-order valence-electron chi connectivity index (χ0n) is 24.6. The number of benzene rings is 2. The van der Waals surface area contributed by atoms with Gasteiger partial charge < -0.3 is 29.3 Å². The summed E-state index contributed by atoms with van der Waals surface area (Å²) < 4.78 is 17.2. The van der Waals surface area contributed by atoms with E-state index in [2.05, 4.69) is 17.4 Å².